The number of amides is 1. The summed E-state index contributed by atoms with van der Waals surface area (Å²) in [7, 11) is 0. The number of halogens is 2. The summed E-state index contributed by atoms with van der Waals surface area (Å²) in [6.45, 7) is 5.08. The zero-order valence-corrected chi connectivity index (χ0v) is 13.5. The van der Waals surface area contributed by atoms with Crippen LogP contribution in [0.1, 0.15) is 31.9 Å². The maximum absolute atomic E-state index is 14.6. The lowest BCUT2D eigenvalue weighted by Crippen LogP contribution is -2.27. The van der Waals surface area contributed by atoms with Crippen LogP contribution >= 0.6 is 0 Å². The van der Waals surface area contributed by atoms with E-state index in [0.29, 0.717) is 6.29 Å². The van der Waals surface area contributed by atoms with Crippen molar-refractivity contribution in [2.75, 3.05) is 5.32 Å². The summed E-state index contributed by atoms with van der Waals surface area (Å²) in [6.07, 6.45) is 0.233. The minimum absolute atomic E-state index is 0.104. The predicted molar refractivity (Wildman–Crippen MR) is 82.8 cm³/mol. The van der Waals surface area contributed by atoms with Gasteiger partial charge in [-0.15, -0.1) is 0 Å². The number of aldehydes is 1. The van der Waals surface area contributed by atoms with Gasteiger partial charge in [-0.3, -0.25) is 5.32 Å². The van der Waals surface area contributed by atoms with Gasteiger partial charge < -0.3 is 14.5 Å². The van der Waals surface area contributed by atoms with Gasteiger partial charge in [0.1, 0.15) is 22.9 Å². The highest BCUT2D eigenvalue weighted by Crippen LogP contribution is 2.35. The van der Waals surface area contributed by atoms with Gasteiger partial charge in [0.05, 0.1) is 0 Å². The van der Waals surface area contributed by atoms with Crippen LogP contribution in [0.4, 0.5) is 19.5 Å². The molecule has 1 aromatic heterocycles. The Morgan fingerprint density at radius 1 is 1.29 bits per heavy atom. The summed E-state index contributed by atoms with van der Waals surface area (Å²) in [5, 5.41) is 2.32. The first-order valence-electron chi connectivity index (χ1n) is 7.53. The predicted octanol–water partition coefficient (Wildman–Crippen LogP) is 3.10. The summed E-state index contributed by atoms with van der Waals surface area (Å²) in [4.78, 5) is 29.1. The van der Waals surface area contributed by atoms with Gasteiger partial charge in [-0.25, -0.2) is 18.6 Å². The number of benzene rings is 1. The standard InChI is InChI=1S/C16H17F2N3O3/c1-16(2,3)24-15(23)21-14-19-12-10(17)8-4-7(6-22)5-9(8)11(18)13(12)20-14/h6-7H,4-5H2,1-3H3,(H2,19,20,21,23). The molecular weight excluding hydrogens is 320 g/mol. The van der Waals surface area contributed by atoms with Crippen molar-refractivity contribution in [3.05, 3.63) is 22.8 Å². The zero-order chi connectivity index (χ0) is 17.6. The Labute approximate surface area is 136 Å². The van der Waals surface area contributed by atoms with Gasteiger partial charge in [-0.1, -0.05) is 0 Å². The van der Waals surface area contributed by atoms with Crippen molar-refractivity contribution in [1.29, 1.82) is 0 Å². The normalized spacial score (nSPS) is 14.7. The molecule has 128 valence electrons. The first-order chi connectivity index (χ1) is 11.2. The zero-order valence-electron chi connectivity index (χ0n) is 13.5. The maximum Gasteiger partial charge on any atom is 0.414 e. The smallest absolute Gasteiger partial charge is 0.414 e. The van der Waals surface area contributed by atoms with Crippen molar-refractivity contribution in [3.63, 3.8) is 0 Å². The number of fused-ring (bicyclic) bond motifs is 2. The quantitative estimate of drug-likeness (QED) is 0.825. The molecule has 1 unspecified atom stereocenters. The maximum atomic E-state index is 14.6. The number of imidazole rings is 1. The number of nitrogens with zero attached hydrogens (tertiary/aromatic N) is 1. The van der Waals surface area contributed by atoms with Gasteiger partial charge in [0.25, 0.3) is 0 Å². The largest absolute Gasteiger partial charge is 0.444 e. The van der Waals surface area contributed by atoms with Crippen LogP contribution in [0, 0.1) is 17.6 Å². The average Bonchev–Trinajstić information content (AvgIpc) is 3.07. The second-order valence-electron chi connectivity index (χ2n) is 6.83. The minimum Gasteiger partial charge on any atom is -0.444 e. The third-order valence-electron chi connectivity index (χ3n) is 3.77. The van der Waals surface area contributed by atoms with E-state index in [1.54, 1.807) is 20.8 Å². The second kappa shape index (κ2) is 5.54. The van der Waals surface area contributed by atoms with Gasteiger partial charge in [-0.05, 0) is 44.7 Å². The van der Waals surface area contributed by atoms with Crippen molar-refractivity contribution >= 4 is 29.4 Å². The Kier molecular flexibility index (Phi) is 3.77. The van der Waals surface area contributed by atoms with E-state index in [0.717, 1.165) is 0 Å². The SMILES string of the molecule is CC(C)(C)OC(=O)Nc1nc2c(F)c3c(c(F)c2[nH]1)CC(C=O)C3. The van der Waals surface area contributed by atoms with E-state index in [4.69, 9.17) is 4.74 Å². The molecule has 1 aromatic carbocycles. The molecule has 2 aromatic rings. The lowest BCUT2D eigenvalue weighted by molar-refractivity contribution is -0.110. The van der Waals surface area contributed by atoms with Gasteiger partial charge in [0.2, 0.25) is 5.95 Å². The van der Waals surface area contributed by atoms with Crippen LogP contribution in [-0.4, -0.2) is 27.9 Å². The van der Waals surface area contributed by atoms with Crippen molar-refractivity contribution in [2.45, 2.75) is 39.2 Å². The Balaban J connectivity index is 1.96. The van der Waals surface area contributed by atoms with Crippen molar-refractivity contribution < 1.29 is 23.1 Å². The molecule has 1 heterocycles. The fourth-order valence-corrected chi connectivity index (χ4v) is 2.83. The lowest BCUT2D eigenvalue weighted by Gasteiger charge is -2.18. The molecule has 1 amide bonds. The number of ether oxygens (including phenoxy) is 1. The summed E-state index contributed by atoms with van der Waals surface area (Å²) in [5.41, 5.74) is -0.692. The molecule has 0 saturated heterocycles. The number of nitrogens with one attached hydrogen (secondary N) is 2. The molecule has 0 spiro atoms. The van der Waals surface area contributed by atoms with Crippen LogP contribution < -0.4 is 5.32 Å². The van der Waals surface area contributed by atoms with Crippen LogP contribution in [-0.2, 0) is 22.4 Å². The van der Waals surface area contributed by atoms with Gasteiger partial charge >= 0.3 is 6.09 Å². The van der Waals surface area contributed by atoms with Crippen LogP contribution in [0.3, 0.4) is 0 Å². The second-order valence-corrected chi connectivity index (χ2v) is 6.83. The van der Waals surface area contributed by atoms with Crippen LogP contribution in [0.15, 0.2) is 0 Å². The molecule has 0 radical (unpaired) electrons. The molecule has 24 heavy (non-hydrogen) atoms. The summed E-state index contributed by atoms with van der Waals surface area (Å²) in [5.74, 6) is -1.84. The number of aromatic amines is 1. The Bertz CT molecular complexity index is 790. The molecule has 2 N–H and O–H groups in total. The third kappa shape index (κ3) is 2.83. The Hall–Kier alpha value is -2.51. The Morgan fingerprint density at radius 3 is 2.50 bits per heavy atom. The molecule has 0 bridgehead atoms. The molecule has 6 nitrogen and oxygen atoms in total. The first-order valence-corrected chi connectivity index (χ1v) is 7.53. The third-order valence-corrected chi connectivity index (χ3v) is 3.77. The number of hydrogen-bond donors (Lipinski definition) is 2. The van der Waals surface area contributed by atoms with E-state index in [1.165, 1.54) is 0 Å². The fourth-order valence-electron chi connectivity index (χ4n) is 2.83. The van der Waals surface area contributed by atoms with Gasteiger partial charge in [0.15, 0.2) is 11.6 Å². The monoisotopic (exact) mass is 337 g/mol. The van der Waals surface area contributed by atoms with Crippen molar-refractivity contribution in [2.24, 2.45) is 5.92 Å². The van der Waals surface area contributed by atoms with Crippen LogP contribution in [0.2, 0.25) is 0 Å². The molecule has 0 saturated carbocycles. The molecule has 1 atom stereocenters. The molecule has 8 heteroatoms. The molecule has 0 fully saturated rings. The molecule has 1 aliphatic carbocycles. The van der Waals surface area contributed by atoms with Crippen LogP contribution in [0.5, 0.6) is 0 Å². The van der Waals surface area contributed by atoms with Gasteiger partial charge in [0, 0.05) is 5.92 Å². The number of hydrogen-bond acceptors (Lipinski definition) is 4. The number of aromatic nitrogens is 2. The Morgan fingerprint density at radius 2 is 1.92 bits per heavy atom. The van der Waals surface area contributed by atoms with E-state index in [1.807, 2.05) is 0 Å². The van der Waals surface area contributed by atoms with Crippen molar-refractivity contribution in [3.8, 4) is 0 Å². The van der Waals surface area contributed by atoms with Crippen molar-refractivity contribution in [1.82, 2.24) is 9.97 Å². The molecular formula is C16H17F2N3O3. The molecule has 0 aliphatic heterocycles. The van der Waals surface area contributed by atoms with Gasteiger partial charge in [-0.2, -0.15) is 0 Å². The first kappa shape index (κ1) is 16.4. The summed E-state index contributed by atoms with van der Waals surface area (Å²) in [6, 6.07) is 0. The van der Waals surface area contributed by atoms with E-state index < -0.39 is 29.2 Å². The number of carbonyl (C=O) groups is 2. The average molecular weight is 337 g/mol. The highest BCUT2D eigenvalue weighted by Gasteiger charge is 2.31. The number of anilines is 1. The van der Waals surface area contributed by atoms with E-state index >= 15 is 0 Å². The van der Waals surface area contributed by atoms with E-state index in [2.05, 4.69) is 15.3 Å². The number of carbonyl (C=O) groups excluding carboxylic acids is 2. The van der Waals surface area contributed by atoms with E-state index in [9.17, 15) is 18.4 Å². The summed E-state index contributed by atoms with van der Waals surface area (Å²) < 4.78 is 34.2. The minimum atomic E-state index is -0.782. The van der Waals surface area contributed by atoms with E-state index in [-0.39, 0.29) is 41.0 Å². The molecule has 3 rings (SSSR count). The highest BCUT2D eigenvalue weighted by molar-refractivity contribution is 5.87. The number of rotatable bonds is 2. The lowest BCUT2D eigenvalue weighted by atomic mass is 10.1. The highest BCUT2D eigenvalue weighted by atomic mass is 19.1. The topological polar surface area (TPSA) is 84.1 Å². The number of H-pyrrole nitrogens is 1. The van der Waals surface area contributed by atoms with Crippen LogP contribution in [0.25, 0.3) is 11.0 Å². The summed E-state index contributed by atoms with van der Waals surface area (Å²) >= 11 is 0. The molecule has 1 aliphatic rings. The fraction of sp³-hybridized carbons (Fsp3) is 0.438.